The van der Waals surface area contributed by atoms with Crippen LogP contribution in [0.25, 0.3) is 0 Å². The molecule has 0 unspecified atom stereocenters. The van der Waals surface area contributed by atoms with Gasteiger partial charge in [-0.3, -0.25) is 0 Å². The molecule has 3 aromatic rings. The van der Waals surface area contributed by atoms with E-state index in [0.29, 0.717) is 22.6 Å². The standard InChI is InChI=1S/C23H22F3N2O2.3C4H9.Sn/c1-16-12-22(27-13-21(16)23(24,25)26)28(14-17-4-8-19(29-2)9-5-17)15-18-6-10-20(30-3)11-7-18;3*1-3-4-2;/h4-12H,14-15H2,1-3H3;3*1,3-4H2,2H3;. The van der Waals surface area contributed by atoms with Crippen LogP contribution in [0.1, 0.15) is 81.5 Å². The molecular weight excluding hydrogens is 656 g/mol. The van der Waals surface area contributed by atoms with Gasteiger partial charge in [0.05, 0.1) is 0 Å². The summed E-state index contributed by atoms with van der Waals surface area (Å²) < 4.78 is 58.7. The van der Waals surface area contributed by atoms with Crippen molar-refractivity contribution in [3.05, 3.63) is 76.9 Å². The molecule has 1 aromatic heterocycles. The van der Waals surface area contributed by atoms with Crippen LogP contribution in [0.15, 0.2) is 54.6 Å². The quantitative estimate of drug-likeness (QED) is 0.131. The number of pyridine rings is 1. The van der Waals surface area contributed by atoms with E-state index in [1.54, 1.807) is 27.2 Å². The Morgan fingerprint density at radius 3 is 1.49 bits per heavy atom. The van der Waals surface area contributed by atoms with E-state index >= 15 is 0 Å². The fourth-order valence-electron chi connectivity index (χ4n) is 5.96. The molecule has 0 fully saturated rings. The van der Waals surface area contributed by atoms with E-state index in [1.165, 1.54) is 0 Å². The summed E-state index contributed by atoms with van der Waals surface area (Å²) in [4.78, 5) is 7.26. The van der Waals surface area contributed by atoms with Crippen molar-refractivity contribution in [2.45, 2.75) is 98.8 Å². The van der Waals surface area contributed by atoms with Crippen LogP contribution in [0.4, 0.5) is 19.0 Å². The molecule has 236 valence electrons. The van der Waals surface area contributed by atoms with E-state index in [9.17, 15) is 13.2 Å². The van der Waals surface area contributed by atoms with Crippen molar-refractivity contribution in [2.24, 2.45) is 0 Å². The fraction of sp³-hybridized carbons (Fsp3) is 0.514. The van der Waals surface area contributed by atoms with Gasteiger partial charge in [-0.15, -0.1) is 0 Å². The molecule has 43 heavy (non-hydrogen) atoms. The van der Waals surface area contributed by atoms with Gasteiger partial charge in [0.25, 0.3) is 0 Å². The van der Waals surface area contributed by atoms with Gasteiger partial charge in [-0.25, -0.2) is 0 Å². The molecule has 0 radical (unpaired) electrons. The minimum atomic E-state index is -4.44. The third-order valence-corrected chi connectivity index (χ3v) is 23.5. The number of halogens is 3. The number of anilines is 1. The molecule has 0 amide bonds. The first-order valence-corrected chi connectivity index (χ1v) is 23.2. The predicted molar refractivity (Wildman–Crippen MR) is 174 cm³/mol. The predicted octanol–water partition coefficient (Wildman–Crippen LogP) is 9.69. The third-order valence-electron chi connectivity index (χ3n) is 8.40. The average molecular weight is 705 g/mol. The molecule has 0 N–H and O–H groups in total. The van der Waals surface area contributed by atoms with Crippen LogP contribution < -0.4 is 18.1 Å². The van der Waals surface area contributed by atoms with Gasteiger partial charge in [-0.2, -0.15) is 0 Å². The van der Waals surface area contributed by atoms with Gasteiger partial charge in [-0.1, -0.05) is 0 Å². The molecule has 2 aromatic carbocycles. The monoisotopic (exact) mass is 706 g/mol. The number of rotatable bonds is 17. The summed E-state index contributed by atoms with van der Waals surface area (Å²) in [5, 5.41) is 0. The molecule has 0 saturated heterocycles. The van der Waals surface area contributed by atoms with E-state index in [4.69, 9.17) is 14.5 Å². The molecule has 0 bridgehead atoms. The molecule has 0 spiro atoms. The zero-order valence-electron chi connectivity index (χ0n) is 26.8. The van der Waals surface area contributed by atoms with Crippen LogP contribution in [0.5, 0.6) is 11.5 Å². The summed E-state index contributed by atoms with van der Waals surface area (Å²) in [6.45, 7) is 9.07. The van der Waals surface area contributed by atoms with Crippen molar-refractivity contribution in [1.29, 1.82) is 0 Å². The number of benzene rings is 2. The minimum absolute atomic E-state index is 0.285. The maximum absolute atomic E-state index is 14.9. The van der Waals surface area contributed by atoms with Crippen molar-refractivity contribution in [3.8, 4) is 11.5 Å². The molecule has 0 aliphatic rings. The molecule has 4 nitrogen and oxygen atoms in total. The molecule has 3 rings (SSSR count). The van der Waals surface area contributed by atoms with Gasteiger partial charge in [0.15, 0.2) is 0 Å². The van der Waals surface area contributed by atoms with Crippen molar-refractivity contribution >= 4 is 27.9 Å². The first-order chi connectivity index (χ1) is 20.6. The Kier molecular flexibility index (Phi) is 13.5. The SMILES string of the molecule is CCC[CH2][Sn]([CH2]CCC)([CH2]CCC)[c]1nc(N(Cc2ccc(OC)cc2)Cc2ccc(OC)cc2)cc(C)c1C(F)(F)F. The Hall–Kier alpha value is -2.42. The second kappa shape index (κ2) is 16.6. The Morgan fingerprint density at radius 1 is 0.721 bits per heavy atom. The Balaban J connectivity index is 2.23. The van der Waals surface area contributed by atoms with Crippen molar-refractivity contribution in [3.63, 3.8) is 0 Å². The number of aryl methyl sites for hydroxylation is 1. The summed E-state index contributed by atoms with van der Waals surface area (Å²) >= 11 is -3.61. The number of aromatic nitrogens is 1. The molecule has 0 aliphatic heterocycles. The van der Waals surface area contributed by atoms with Gasteiger partial charge >= 0.3 is 262 Å². The van der Waals surface area contributed by atoms with Crippen molar-refractivity contribution < 1.29 is 22.6 Å². The van der Waals surface area contributed by atoms with E-state index in [-0.39, 0.29) is 5.56 Å². The van der Waals surface area contributed by atoms with Gasteiger partial charge in [0.2, 0.25) is 0 Å². The molecular formula is C35H49F3N2O2Sn. The fourth-order valence-corrected chi connectivity index (χ4v) is 22.4. The summed E-state index contributed by atoms with van der Waals surface area (Å²) in [7, 11) is 3.27. The van der Waals surface area contributed by atoms with Crippen LogP contribution in [0.3, 0.4) is 0 Å². The molecule has 0 aliphatic carbocycles. The Bertz CT molecular complexity index is 1190. The number of methoxy groups -OCH3 is 2. The van der Waals surface area contributed by atoms with E-state index in [0.717, 1.165) is 74.5 Å². The van der Waals surface area contributed by atoms with Crippen LogP contribution in [-0.2, 0) is 19.3 Å². The molecule has 0 atom stereocenters. The summed E-state index contributed by atoms with van der Waals surface area (Å²) in [5.41, 5.74) is 1.90. The zero-order chi connectivity index (χ0) is 31.5. The number of alkyl halides is 3. The number of ether oxygens (including phenoxy) is 2. The van der Waals surface area contributed by atoms with Crippen molar-refractivity contribution in [1.82, 2.24) is 4.98 Å². The van der Waals surface area contributed by atoms with Gasteiger partial charge in [0, 0.05) is 0 Å². The van der Waals surface area contributed by atoms with Crippen molar-refractivity contribution in [2.75, 3.05) is 19.1 Å². The number of nitrogens with zero attached hydrogens (tertiary/aromatic N) is 2. The van der Waals surface area contributed by atoms with Gasteiger partial charge in [-0.05, 0) is 0 Å². The summed E-state index contributed by atoms with van der Waals surface area (Å²) in [6, 6.07) is 17.3. The average Bonchev–Trinajstić information content (AvgIpc) is 3.00. The van der Waals surface area contributed by atoms with Crippen LogP contribution >= 0.6 is 0 Å². The molecule has 0 saturated carbocycles. The second-order valence-corrected chi connectivity index (χ2v) is 24.6. The maximum atomic E-state index is 14.9. The van der Waals surface area contributed by atoms with E-state index in [1.807, 2.05) is 48.5 Å². The summed E-state index contributed by atoms with van der Waals surface area (Å²) in [5.74, 6) is 2.15. The number of unbranched alkanes of at least 4 members (excludes halogenated alkanes) is 3. The first kappa shape index (κ1) is 35.1. The normalized spacial score (nSPS) is 11.9. The van der Waals surface area contributed by atoms with E-state index < -0.39 is 30.1 Å². The van der Waals surface area contributed by atoms with Crippen LogP contribution in [-0.4, -0.2) is 37.6 Å². The summed E-state index contributed by atoms with van der Waals surface area (Å²) in [6.07, 6.45) is 1.41. The van der Waals surface area contributed by atoms with E-state index in [2.05, 4.69) is 25.7 Å². The van der Waals surface area contributed by atoms with Crippen LogP contribution in [0, 0.1) is 6.92 Å². The molecule has 8 heteroatoms. The number of hydrogen-bond donors (Lipinski definition) is 0. The van der Waals surface area contributed by atoms with Gasteiger partial charge in [0.1, 0.15) is 0 Å². The number of hydrogen-bond acceptors (Lipinski definition) is 4. The zero-order valence-corrected chi connectivity index (χ0v) is 29.7. The Morgan fingerprint density at radius 2 is 1.14 bits per heavy atom. The Labute approximate surface area is 260 Å². The second-order valence-electron chi connectivity index (χ2n) is 11.7. The topological polar surface area (TPSA) is 34.6 Å². The molecule has 1 heterocycles. The third kappa shape index (κ3) is 9.53. The van der Waals surface area contributed by atoms with Crippen LogP contribution in [0.2, 0.25) is 13.3 Å². The van der Waals surface area contributed by atoms with Gasteiger partial charge < -0.3 is 0 Å². The first-order valence-electron chi connectivity index (χ1n) is 15.7.